The number of anilines is 1. The maximum atomic E-state index is 10.8. The first kappa shape index (κ1) is 10.5. The van der Waals surface area contributed by atoms with Gasteiger partial charge in [-0.25, -0.2) is 9.78 Å². The molecule has 0 aromatic carbocycles. The fourth-order valence-electron chi connectivity index (χ4n) is 0.771. The third kappa shape index (κ3) is 2.70. The van der Waals surface area contributed by atoms with E-state index < -0.39 is 5.97 Å². The average molecular weight is 215 g/mol. The van der Waals surface area contributed by atoms with E-state index >= 15 is 0 Å². The van der Waals surface area contributed by atoms with Gasteiger partial charge in [0.15, 0.2) is 0 Å². The van der Waals surface area contributed by atoms with Crippen molar-refractivity contribution in [1.29, 1.82) is 0 Å². The van der Waals surface area contributed by atoms with Gasteiger partial charge in [-0.2, -0.15) is 0 Å². The van der Waals surface area contributed by atoms with E-state index in [1.54, 1.807) is 0 Å². The van der Waals surface area contributed by atoms with Crippen LogP contribution in [0, 0.1) is 0 Å². The summed E-state index contributed by atoms with van der Waals surface area (Å²) >= 11 is 5.25. The monoisotopic (exact) mass is 214 g/mol. The van der Waals surface area contributed by atoms with E-state index in [0.717, 1.165) is 6.20 Å². The minimum absolute atomic E-state index is 0.0638. The van der Waals surface area contributed by atoms with Gasteiger partial charge in [0, 0.05) is 6.20 Å². The van der Waals surface area contributed by atoms with Gasteiger partial charge in [0.05, 0.1) is 5.56 Å². The highest BCUT2D eigenvalue weighted by molar-refractivity contribution is 6.29. The SMILES string of the molecule is O=C(CCl)Nc1ccc(C(=O)O)cn1. The number of carboxylic acid groups (broad SMARTS) is 1. The van der Waals surface area contributed by atoms with Gasteiger partial charge in [-0.3, -0.25) is 4.79 Å². The molecule has 0 aliphatic rings. The van der Waals surface area contributed by atoms with Crippen molar-refractivity contribution in [2.45, 2.75) is 0 Å². The molecule has 0 spiro atoms. The van der Waals surface area contributed by atoms with Crippen LogP contribution in [0.15, 0.2) is 18.3 Å². The molecule has 0 saturated carbocycles. The molecule has 2 N–H and O–H groups in total. The average Bonchev–Trinajstić information content (AvgIpc) is 2.18. The van der Waals surface area contributed by atoms with E-state index in [1.165, 1.54) is 12.1 Å². The molecule has 0 saturated heterocycles. The van der Waals surface area contributed by atoms with Gasteiger partial charge in [0.25, 0.3) is 0 Å². The van der Waals surface area contributed by atoms with Crippen molar-refractivity contribution in [1.82, 2.24) is 4.98 Å². The fourth-order valence-corrected chi connectivity index (χ4v) is 0.837. The number of amides is 1. The Morgan fingerprint density at radius 3 is 2.64 bits per heavy atom. The zero-order valence-electron chi connectivity index (χ0n) is 7.03. The number of carboxylic acids is 1. The third-order valence-electron chi connectivity index (χ3n) is 1.40. The summed E-state index contributed by atoms with van der Waals surface area (Å²) in [5.41, 5.74) is 0.0638. The van der Waals surface area contributed by atoms with E-state index in [0.29, 0.717) is 0 Å². The highest BCUT2D eigenvalue weighted by Crippen LogP contribution is 2.04. The maximum Gasteiger partial charge on any atom is 0.337 e. The molecule has 0 aliphatic carbocycles. The molecule has 1 aromatic heterocycles. The zero-order chi connectivity index (χ0) is 10.6. The lowest BCUT2D eigenvalue weighted by Crippen LogP contribution is -2.13. The van der Waals surface area contributed by atoms with Gasteiger partial charge in [0.1, 0.15) is 11.7 Å². The molecule has 14 heavy (non-hydrogen) atoms. The Labute approximate surface area is 84.7 Å². The molecule has 1 amide bonds. The van der Waals surface area contributed by atoms with Gasteiger partial charge in [-0.05, 0) is 12.1 Å². The summed E-state index contributed by atoms with van der Waals surface area (Å²) in [5.74, 6) is -1.34. The number of aromatic nitrogens is 1. The highest BCUT2D eigenvalue weighted by Gasteiger charge is 2.04. The first-order valence-electron chi connectivity index (χ1n) is 3.68. The van der Waals surface area contributed by atoms with Crippen molar-refractivity contribution in [3.8, 4) is 0 Å². The van der Waals surface area contributed by atoms with Crippen LogP contribution in [-0.2, 0) is 4.79 Å². The van der Waals surface area contributed by atoms with E-state index in [2.05, 4.69) is 10.3 Å². The summed E-state index contributed by atoms with van der Waals surface area (Å²) < 4.78 is 0. The minimum Gasteiger partial charge on any atom is -0.478 e. The summed E-state index contributed by atoms with van der Waals surface area (Å²) in [6.07, 6.45) is 1.16. The Morgan fingerprint density at radius 1 is 1.50 bits per heavy atom. The summed E-state index contributed by atoms with van der Waals surface area (Å²) in [4.78, 5) is 25.0. The second-order valence-electron chi connectivity index (χ2n) is 2.42. The second kappa shape index (κ2) is 4.57. The van der Waals surface area contributed by atoms with Crippen LogP contribution in [0.25, 0.3) is 0 Å². The molecular weight excluding hydrogens is 208 g/mol. The molecule has 1 rings (SSSR count). The molecular formula is C8H7ClN2O3. The number of pyridine rings is 1. The number of nitrogens with one attached hydrogen (secondary N) is 1. The quantitative estimate of drug-likeness (QED) is 0.735. The maximum absolute atomic E-state index is 10.8. The molecule has 6 heteroatoms. The smallest absolute Gasteiger partial charge is 0.337 e. The van der Waals surface area contributed by atoms with Gasteiger partial charge in [-0.1, -0.05) is 0 Å². The molecule has 0 unspecified atom stereocenters. The molecule has 0 aliphatic heterocycles. The van der Waals surface area contributed by atoms with Crippen LogP contribution < -0.4 is 5.32 Å². The predicted octanol–water partition coefficient (Wildman–Crippen LogP) is 0.957. The van der Waals surface area contributed by atoms with E-state index in [9.17, 15) is 9.59 Å². The summed E-state index contributed by atoms with van der Waals surface area (Å²) in [6.45, 7) is 0. The van der Waals surface area contributed by atoms with Crippen molar-refractivity contribution < 1.29 is 14.7 Å². The normalized spacial score (nSPS) is 9.50. The standard InChI is InChI=1S/C8H7ClN2O3/c9-3-7(12)11-6-2-1-5(4-10-6)8(13)14/h1-2,4H,3H2,(H,13,14)(H,10,11,12). The van der Waals surface area contributed by atoms with Crippen molar-refractivity contribution in [2.24, 2.45) is 0 Å². The van der Waals surface area contributed by atoms with Crippen molar-refractivity contribution in [3.63, 3.8) is 0 Å². The van der Waals surface area contributed by atoms with Crippen LogP contribution in [0.1, 0.15) is 10.4 Å². The molecule has 5 nitrogen and oxygen atoms in total. The lowest BCUT2D eigenvalue weighted by atomic mass is 10.3. The Balaban J connectivity index is 2.73. The summed E-state index contributed by atoms with van der Waals surface area (Å²) in [6, 6.07) is 2.74. The molecule has 0 radical (unpaired) electrons. The highest BCUT2D eigenvalue weighted by atomic mass is 35.5. The van der Waals surface area contributed by atoms with Crippen molar-refractivity contribution in [2.75, 3.05) is 11.2 Å². The Kier molecular flexibility index (Phi) is 3.41. The van der Waals surface area contributed by atoms with Gasteiger partial charge >= 0.3 is 5.97 Å². The van der Waals surface area contributed by atoms with E-state index in [4.69, 9.17) is 16.7 Å². The molecule has 1 heterocycles. The molecule has 0 atom stereocenters. The number of hydrogen-bond acceptors (Lipinski definition) is 3. The molecule has 74 valence electrons. The van der Waals surface area contributed by atoms with Crippen LogP contribution in [0.4, 0.5) is 5.82 Å². The lowest BCUT2D eigenvalue weighted by molar-refractivity contribution is -0.113. The fraction of sp³-hybridized carbons (Fsp3) is 0.125. The largest absolute Gasteiger partial charge is 0.478 e. The molecule has 0 bridgehead atoms. The Morgan fingerprint density at radius 2 is 2.21 bits per heavy atom. The van der Waals surface area contributed by atoms with Crippen LogP contribution in [-0.4, -0.2) is 27.8 Å². The summed E-state index contributed by atoms with van der Waals surface area (Å²) in [5, 5.41) is 10.9. The molecule has 1 aromatic rings. The second-order valence-corrected chi connectivity index (χ2v) is 2.69. The van der Waals surface area contributed by atoms with Crippen LogP contribution in [0.3, 0.4) is 0 Å². The van der Waals surface area contributed by atoms with Crippen LogP contribution in [0.5, 0.6) is 0 Å². The zero-order valence-corrected chi connectivity index (χ0v) is 7.78. The van der Waals surface area contributed by atoms with E-state index in [-0.39, 0.29) is 23.2 Å². The van der Waals surface area contributed by atoms with Crippen LogP contribution >= 0.6 is 11.6 Å². The van der Waals surface area contributed by atoms with Gasteiger partial charge in [-0.15, -0.1) is 11.6 Å². The number of rotatable bonds is 3. The topological polar surface area (TPSA) is 79.3 Å². The number of nitrogens with zero attached hydrogens (tertiary/aromatic N) is 1. The minimum atomic E-state index is -1.06. The van der Waals surface area contributed by atoms with Crippen molar-refractivity contribution in [3.05, 3.63) is 23.9 Å². The van der Waals surface area contributed by atoms with Gasteiger partial charge < -0.3 is 10.4 Å². The molecule has 0 fully saturated rings. The number of halogens is 1. The number of carbonyl (C=O) groups excluding carboxylic acids is 1. The van der Waals surface area contributed by atoms with E-state index in [1.807, 2.05) is 0 Å². The van der Waals surface area contributed by atoms with Crippen LogP contribution in [0.2, 0.25) is 0 Å². The Hall–Kier alpha value is -1.62. The summed E-state index contributed by atoms with van der Waals surface area (Å²) in [7, 11) is 0. The Bertz CT molecular complexity index is 350. The number of aromatic carboxylic acids is 1. The van der Waals surface area contributed by atoms with Crippen molar-refractivity contribution >= 4 is 29.3 Å². The lowest BCUT2D eigenvalue weighted by Gasteiger charge is -2.01. The predicted molar refractivity (Wildman–Crippen MR) is 50.5 cm³/mol. The number of hydrogen-bond donors (Lipinski definition) is 2. The first-order chi connectivity index (χ1) is 6.63. The van der Waals surface area contributed by atoms with Gasteiger partial charge in [0.2, 0.25) is 5.91 Å². The number of carbonyl (C=O) groups is 2. The third-order valence-corrected chi connectivity index (χ3v) is 1.64. The first-order valence-corrected chi connectivity index (χ1v) is 4.22. The number of alkyl halides is 1.